The highest BCUT2D eigenvalue weighted by atomic mass is 35.5. The molecule has 1 aromatic carbocycles. The number of rotatable bonds is 7. The van der Waals surface area contributed by atoms with Gasteiger partial charge in [0.1, 0.15) is 6.67 Å². The zero-order valence-corrected chi connectivity index (χ0v) is 12.7. The molecule has 0 bridgehead atoms. The Balaban J connectivity index is 2.93. The van der Waals surface area contributed by atoms with E-state index in [0.29, 0.717) is 11.4 Å². The van der Waals surface area contributed by atoms with Crippen LogP contribution in [0, 0.1) is 5.92 Å². The van der Waals surface area contributed by atoms with Gasteiger partial charge in [0.15, 0.2) is 6.04 Å². The van der Waals surface area contributed by atoms with E-state index >= 15 is 0 Å². The molecule has 21 heavy (non-hydrogen) atoms. The van der Waals surface area contributed by atoms with Crippen LogP contribution in [0.4, 0.5) is 4.39 Å². The first-order valence-electron chi connectivity index (χ1n) is 6.69. The van der Waals surface area contributed by atoms with E-state index in [0.717, 1.165) is 5.56 Å². The molecule has 0 spiro atoms. The second kappa shape index (κ2) is 7.98. The molecule has 2 N–H and O–H groups in total. The van der Waals surface area contributed by atoms with Gasteiger partial charge in [-0.05, 0) is 30.0 Å². The molecule has 1 rings (SSSR count). The number of aliphatic carboxylic acids is 1. The lowest BCUT2D eigenvalue weighted by Crippen LogP contribution is -2.44. The van der Waals surface area contributed by atoms with Crippen LogP contribution in [-0.2, 0) is 9.59 Å². The highest BCUT2D eigenvalue weighted by Crippen LogP contribution is 2.25. The molecule has 1 amide bonds. The fourth-order valence-corrected chi connectivity index (χ4v) is 2.13. The van der Waals surface area contributed by atoms with Crippen LogP contribution < -0.4 is 5.32 Å². The second-order valence-electron chi connectivity index (χ2n) is 5.29. The van der Waals surface area contributed by atoms with E-state index < -0.39 is 30.5 Å². The van der Waals surface area contributed by atoms with Gasteiger partial charge in [-0.3, -0.25) is 4.79 Å². The summed E-state index contributed by atoms with van der Waals surface area (Å²) in [5.41, 5.74) is 0.730. The van der Waals surface area contributed by atoms with E-state index in [2.05, 4.69) is 5.32 Å². The van der Waals surface area contributed by atoms with Gasteiger partial charge in [0.05, 0.1) is 5.92 Å². The highest BCUT2D eigenvalue weighted by Gasteiger charge is 2.27. The quantitative estimate of drug-likeness (QED) is 0.813. The second-order valence-corrected chi connectivity index (χ2v) is 5.72. The molecule has 0 saturated heterocycles. The molecule has 0 heterocycles. The fraction of sp³-hybridized carbons (Fsp3) is 0.467. The predicted molar refractivity (Wildman–Crippen MR) is 79.2 cm³/mol. The number of alkyl halides is 1. The number of hydrogen-bond acceptors (Lipinski definition) is 2. The van der Waals surface area contributed by atoms with Crippen LogP contribution in [0.15, 0.2) is 24.3 Å². The van der Waals surface area contributed by atoms with Crippen LogP contribution in [0.5, 0.6) is 0 Å². The average molecular weight is 316 g/mol. The van der Waals surface area contributed by atoms with E-state index in [4.69, 9.17) is 16.7 Å². The van der Waals surface area contributed by atoms with Crippen LogP contribution in [0.3, 0.4) is 0 Å². The highest BCUT2D eigenvalue weighted by molar-refractivity contribution is 6.30. The number of halogens is 2. The summed E-state index contributed by atoms with van der Waals surface area (Å²) in [6.07, 6.45) is 0.534. The number of benzene rings is 1. The van der Waals surface area contributed by atoms with Gasteiger partial charge in [-0.25, -0.2) is 9.18 Å². The predicted octanol–water partition coefficient (Wildman–Crippen LogP) is 3.01. The Labute approximate surface area is 128 Å². The van der Waals surface area contributed by atoms with Crippen molar-refractivity contribution in [1.29, 1.82) is 0 Å². The molecule has 0 radical (unpaired) electrons. The minimum absolute atomic E-state index is 0.227. The Hall–Kier alpha value is -1.62. The zero-order chi connectivity index (χ0) is 16.0. The smallest absolute Gasteiger partial charge is 0.328 e. The molecule has 0 aliphatic rings. The first-order chi connectivity index (χ1) is 9.85. The van der Waals surface area contributed by atoms with Crippen LogP contribution >= 0.6 is 11.6 Å². The standard InChI is InChI=1S/C15H19ClFNO3/c1-9(2)7-12(10-3-5-11(16)6-4-10)14(19)18-13(8-17)15(20)21/h3-6,9,12-13H,7-8H2,1-2H3,(H,18,19)(H,20,21)/t12?,13-/m1/s1. The first-order valence-corrected chi connectivity index (χ1v) is 7.07. The van der Waals surface area contributed by atoms with Crippen LogP contribution in [0.1, 0.15) is 31.7 Å². The number of carboxylic acids is 1. The van der Waals surface area contributed by atoms with Gasteiger partial charge < -0.3 is 10.4 Å². The summed E-state index contributed by atoms with van der Waals surface area (Å²) in [5.74, 6) is -2.18. The molecule has 0 aromatic heterocycles. The fourth-order valence-electron chi connectivity index (χ4n) is 2.00. The van der Waals surface area contributed by atoms with Crippen LogP contribution in [-0.4, -0.2) is 29.7 Å². The lowest BCUT2D eigenvalue weighted by Gasteiger charge is -2.21. The summed E-state index contributed by atoms with van der Waals surface area (Å²) in [6.45, 7) is 2.77. The molecule has 0 saturated carbocycles. The molecule has 1 unspecified atom stereocenters. The van der Waals surface area contributed by atoms with Gasteiger partial charge in [-0.15, -0.1) is 0 Å². The Morgan fingerprint density at radius 2 is 1.86 bits per heavy atom. The average Bonchev–Trinajstić information content (AvgIpc) is 2.42. The van der Waals surface area contributed by atoms with Crippen molar-refractivity contribution < 1.29 is 19.1 Å². The molecule has 2 atom stereocenters. The van der Waals surface area contributed by atoms with Crippen molar-refractivity contribution in [2.45, 2.75) is 32.2 Å². The van der Waals surface area contributed by atoms with Crippen LogP contribution in [0.25, 0.3) is 0 Å². The molecule has 0 aliphatic carbocycles. The SMILES string of the molecule is CC(C)CC(C(=O)N[C@H](CF)C(=O)O)c1ccc(Cl)cc1. The minimum atomic E-state index is -1.51. The summed E-state index contributed by atoms with van der Waals surface area (Å²) in [5, 5.41) is 11.6. The number of nitrogens with one attached hydrogen (secondary N) is 1. The summed E-state index contributed by atoms with van der Waals surface area (Å²) in [6, 6.07) is 5.27. The third-order valence-corrected chi connectivity index (χ3v) is 3.32. The monoisotopic (exact) mass is 315 g/mol. The molecule has 1 aromatic rings. The maximum absolute atomic E-state index is 12.6. The van der Waals surface area contributed by atoms with Gasteiger partial charge in [0, 0.05) is 5.02 Å². The van der Waals surface area contributed by atoms with Gasteiger partial charge in [0.2, 0.25) is 5.91 Å². The minimum Gasteiger partial charge on any atom is -0.480 e. The number of hydrogen-bond donors (Lipinski definition) is 2. The molecular weight excluding hydrogens is 297 g/mol. The van der Waals surface area contributed by atoms with Crippen molar-refractivity contribution in [1.82, 2.24) is 5.32 Å². The maximum Gasteiger partial charge on any atom is 0.328 e. The maximum atomic E-state index is 12.6. The topological polar surface area (TPSA) is 66.4 Å². The third kappa shape index (κ3) is 5.34. The Morgan fingerprint density at radius 3 is 2.29 bits per heavy atom. The summed E-state index contributed by atoms with van der Waals surface area (Å²) < 4.78 is 12.6. The van der Waals surface area contributed by atoms with Gasteiger partial charge in [-0.2, -0.15) is 0 Å². The molecule has 4 nitrogen and oxygen atoms in total. The molecule has 6 heteroatoms. The third-order valence-electron chi connectivity index (χ3n) is 3.06. The Morgan fingerprint density at radius 1 is 1.29 bits per heavy atom. The van der Waals surface area contributed by atoms with E-state index in [-0.39, 0.29) is 5.92 Å². The van der Waals surface area contributed by atoms with Crippen molar-refractivity contribution in [2.24, 2.45) is 5.92 Å². The zero-order valence-electron chi connectivity index (χ0n) is 12.0. The lowest BCUT2D eigenvalue weighted by atomic mass is 9.89. The van der Waals surface area contributed by atoms with Crippen molar-refractivity contribution in [2.75, 3.05) is 6.67 Å². The first kappa shape index (κ1) is 17.4. The summed E-state index contributed by atoms with van der Waals surface area (Å²) in [4.78, 5) is 23.1. The van der Waals surface area contributed by atoms with Crippen molar-refractivity contribution >= 4 is 23.5 Å². The van der Waals surface area contributed by atoms with Crippen molar-refractivity contribution in [3.8, 4) is 0 Å². The number of carbonyl (C=O) groups is 2. The van der Waals surface area contributed by atoms with Gasteiger partial charge in [-0.1, -0.05) is 37.6 Å². The van der Waals surface area contributed by atoms with E-state index in [1.165, 1.54) is 0 Å². The molecule has 116 valence electrons. The van der Waals surface area contributed by atoms with E-state index in [1.807, 2.05) is 13.8 Å². The van der Waals surface area contributed by atoms with Crippen molar-refractivity contribution in [3.63, 3.8) is 0 Å². The van der Waals surface area contributed by atoms with Crippen LogP contribution in [0.2, 0.25) is 5.02 Å². The summed E-state index contributed by atoms with van der Waals surface area (Å²) >= 11 is 5.82. The van der Waals surface area contributed by atoms with E-state index in [1.54, 1.807) is 24.3 Å². The largest absolute Gasteiger partial charge is 0.480 e. The van der Waals surface area contributed by atoms with Gasteiger partial charge >= 0.3 is 5.97 Å². The number of carboxylic acid groups (broad SMARTS) is 1. The molecule has 0 fully saturated rings. The molecular formula is C15H19ClFNO3. The van der Waals surface area contributed by atoms with Gasteiger partial charge in [0.25, 0.3) is 0 Å². The Kier molecular flexibility index (Phi) is 6.62. The lowest BCUT2D eigenvalue weighted by molar-refractivity contribution is -0.142. The van der Waals surface area contributed by atoms with E-state index in [9.17, 15) is 14.0 Å². The number of carbonyl (C=O) groups excluding carboxylic acids is 1. The summed E-state index contributed by atoms with van der Waals surface area (Å²) in [7, 11) is 0. The normalized spacial score (nSPS) is 13.8. The molecule has 0 aliphatic heterocycles. The Bertz CT molecular complexity index is 490. The number of amides is 1. The van der Waals surface area contributed by atoms with Crippen molar-refractivity contribution in [3.05, 3.63) is 34.9 Å².